The van der Waals surface area contributed by atoms with Crippen molar-refractivity contribution in [3.63, 3.8) is 0 Å². The van der Waals surface area contributed by atoms with Gasteiger partial charge in [-0.2, -0.15) is 0 Å². The van der Waals surface area contributed by atoms with E-state index < -0.39 is 15.9 Å². The quantitative estimate of drug-likeness (QED) is 0.453. The van der Waals surface area contributed by atoms with Gasteiger partial charge in [0.05, 0.1) is 17.7 Å². The molecule has 6 nitrogen and oxygen atoms in total. The van der Waals surface area contributed by atoms with Crippen LogP contribution in [0.2, 0.25) is 0 Å². The van der Waals surface area contributed by atoms with Crippen LogP contribution in [0.25, 0.3) is 0 Å². The molecule has 174 valence electrons. The lowest BCUT2D eigenvalue weighted by molar-refractivity contribution is -0.119. The van der Waals surface area contributed by atoms with Gasteiger partial charge in [-0.3, -0.25) is 9.10 Å². The Balaban J connectivity index is 1.72. The fourth-order valence-corrected chi connectivity index (χ4v) is 4.69. The molecule has 1 amide bonds. The first-order chi connectivity index (χ1) is 15.8. The molecule has 0 aliphatic heterocycles. The Morgan fingerprint density at radius 3 is 2.39 bits per heavy atom. The number of ether oxygens (including phenoxy) is 1. The maximum absolute atomic E-state index is 13.4. The predicted octanol–water partition coefficient (Wildman–Crippen LogP) is 4.09. The van der Waals surface area contributed by atoms with Gasteiger partial charge in [0.15, 0.2) is 0 Å². The lowest BCUT2D eigenvalue weighted by Crippen LogP contribution is -2.41. The number of carbonyl (C=O) groups excluding carboxylic acids is 1. The van der Waals surface area contributed by atoms with E-state index in [0.29, 0.717) is 30.8 Å². The van der Waals surface area contributed by atoms with Gasteiger partial charge in [0.1, 0.15) is 18.1 Å². The van der Waals surface area contributed by atoms with Gasteiger partial charge in [0.25, 0.3) is 10.0 Å². The summed E-state index contributed by atoms with van der Waals surface area (Å²) in [7, 11) is -2.50. The number of aryl methyl sites for hydroxylation is 2. The van der Waals surface area contributed by atoms with Crippen LogP contribution < -0.4 is 14.4 Å². The van der Waals surface area contributed by atoms with E-state index in [1.54, 1.807) is 48.5 Å². The molecule has 33 heavy (non-hydrogen) atoms. The summed E-state index contributed by atoms with van der Waals surface area (Å²) in [6, 6.07) is 19.3. The van der Waals surface area contributed by atoms with Gasteiger partial charge in [-0.1, -0.05) is 35.9 Å². The van der Waals surface area contributed by atoms with Gasteiger partial charge in [0.2, 0.25) is 5.91 Å². The molecule has 0 unspecified atom stereocenters. The van der Waals surface area contributed by atoms with Crippen LogP contribution in [0.4, 0.5) is 10.1 Å². The fourth-order valence-electron chi connectivity index (χ4n) is 3.28. The maximum Gasteiger partial charge on any atom is 0.264 e. The van der Waals surface area contributed by atoms with E-state index in [1.807, 2.05) is 6.92 Å². The van der Waals surface area contributed by atoms with Crippen molar-refractivity contribution in [1.29, 1.82) is 0 Å². The van der Waals surface area contributed by atoms with Crippen LogP contribution in [0.15, 0.2) is 77.7 Å². The molecule has 0 aromatic heterocycles. The summed E-state index contributed by atoms with van der Waals surface area (Å²) in [6.07, 6.45) is 1.31. The van der Waals surface area contributed by atoms with Crippen LogP contribution in [0.3, 0.4) is 0 Å². The van der Waals surface area contributed by atoms with Crippen LogP contribution in [-0.4, -0.2) is 34.5 Å². The molecule has 0 heterocycles. The Morgan fingerprint density at radius 2 is 1.73 bits per heavy atom. The molecule has 1 N–H and O–H groups in total. The highest BCUT2D eigenvalue weighted by Crippen LogP contribution is 2.27. The Bertz CT molecular complexity index is 1180. The second kappa shape index (κ2) is 11.0. The first kappa shape index (κ1) is 24.3. The highest BCUT2D eigenvalue weighted by molar-refractivity contribution is 7.92. The minimum absolute atomic E-state index is 0.0972. The van der Waals surface area contributed by atoms with Crippen molar-refractivity contribution in [2.45, 2.75) is 24.7 Å². The summed E-state index contributed by atoms with van der Waals surface area (Å²) in [4.78, 5) is 12.8. The molecule has 0 saturated carbocycles. The number of nitrogens with zero attached hydrogens (tertiary/aromatic N) is 1. The van der Waals surface area contributed by atoms with E-state index in [-0.39, 0.29) is 17.3 Å². The molecule has 0 spiro atoms. The third kappa shape index (κ3) is 6.55. The third-order valence-electron chi connectivity index (χ3n) is 5.12. The smallest absolute Gasteiger partial charge is 0.264 e. The van der Waals surface area contributed by atoms with Crippen LogP contribution >= 0.6 is 0 Å². The summed E-state index contributed by atoms with van der Waals surface area (Å²) >= 11 is 0. The van der Waals surface area contributed by atoms with E-state index >= 15 is 0 Å². The molecule has 3 aromatic rings. The van der Waals surface area contributed by atoms with E-state index in [4.69, 9.17) is 4.74 Å². The molecule has 0 atom stereocenters. The molecule has 0 fully saturated rings. The van der Waals surface area contributed by atoms with Crippen LogP contribution in [0.5, 0.6) is 5.75 Å². The van der Waals surface area contributed by atoms with Gasteiger partial charge in [-0.15, -0.1) is 0 Å². The number of hydrogen-bond acceptors (Lipinski definition) is 4. The van der Waals surface area contributed by atoms with Crippen molar-refractivity contribution < 1.29 is 22.3 Å². The maximum atomic E-state index is 13.4. The average molecular weight is 471 g/mol. The lowest BCUT2D eigenvalue weighted by Gasteiger charge is -2.24. The zero-order valence-electron chi connectivity index (χ0n) is 18.6. The number of nitrogens with one attached hydrogen (secondary N) is 1. The second-order valence-electron chi connectivity index (χ2n) is 7.61. The third-order valence-corrected chi connectivity index (χ3v) is 6.90. The first-order valence-electron chi connectivity index (χ1n) is 10.5. The zero-order valence-corrected chi connectivity index (χ0v) is 19.4. The van der Waals surface area contributed by atoms with Gasteiger partial charge in [-0.25, -0.2) is 12.8 Å². The number of sulfonamides is 1. The lowest BCUT2D eigenvalue weighted by atomic mass is 10.1. The average Bonchev–Trinajstić information content (AvgIpc) is 2.81. The van der Waals surface area contributed by atoms with Gasteiger partial charge >= 0.3 is 0 Å². The second-order valence-corrected chi connectivity index (χ2v) is 9.47. The molecular weight excluding hydrogens is 443 g/mol. The van der Waals surface area contributed by atoms with Crippen molar-refractivity contribution in [2.75, 3.05) is 24.5 Å². The van der Waals surface area contributed by atoms with Crippen LogP contribution in [0, 0.1) is 12.7 Å². The summed E-state index contributed by atoms with van der Waals surface area (Å²) in [5.74, 6) is -0.233. The first-order valence-corrected chi connectivity index (χ1v) is 12.0. The summed E-state index contributed by atoms with van der Waals surface area (Å²) < 4.78 is 46.1. The number of methoxy groups -OCH3 is 1. The van der Waals surface area contributed by atoms with Crippen LogP contribution in [0.1, 0.15) is 17.5 Å². The van der Waals surface area contributed by atoms with Crippen molar-refractivity contribution >= 4 is 21.6 Å². The highest BCUT2D eigenvalue weighted by Gasteiger charge is 2.27. The van der Waals surface area contributed by atoms with Crippen molar-refractivity contribution in [1.82, 2.24) is 5.32 Å². The Hall–Kier alpha value is -3.39. The normalized spacial score (nSPS) is 11.1. The largest absolute Gasteiger partial charge is 0.497 e. The van der Waals surface area contributed by atoms with E-state index in [1.165, 1.54) is 31.4 Å². The summed E-state index contributed by atoms with van der Waals surface area (Å²) in [6.45, 7) is 1.86. The van der Waals surface area contributed by atoms with E-state index in [9.17, 15) is 17.6 Å². The number of benzene rings is 3. The minimum Gasteiger partial charge on any atom is -0.497 e. The number of anilines is 1. The molecular formula is C25H27FN2O4S. The number of amides is 1. The van der Waals surface area contributed by atoms with Gasteiger partial charge in [-0.05, 0) is 61.7 Å². The fraction of sp³-hybridized carbons (Fsp3) is 0.240. The molecule has 0 radical (unpaired) electrons. The zero-order chi connectivity index (χ0) is 23.8. The molecule has 0 aliphatic rings. The number of rotatable bonds is 10. The SMILES string of the molecule is COc1cccc(N(CC(=O)NCCCc2ccc(F)cc2)S(=O)(=O)c2ccc(C)cc2)c1. The molecule has 0 aliphatic carbocycles. The monoisotopic (exact) mass is 470 g/mol. The summed E-state index contributed by atoms with van der Waals surface area (Å²) in [5, 5.41) is 2.78. The predicted molar refractivity (Wildman–Crippen MR) is 126 cm³/mol. The molecule has 0 bridgehead atoms. The van der Waals surface area contributed by atoms with Gasteiger partial charge in [0, 0.05) is 12.6 Å². The number of halogens is 1. The Morgan fingerprint density at radius 1 is 1.03 bits per heavy atom. The van der Waals surface area contributed by atoms with Gasteiger partial charge < -0.3 is 10.1 Å². The van der Waals surface area contributed by atoms with E-state index in [2.05, 4.69) is 5.32 Å². The van der Waals surface area contributed by atoms with Crippen LogP contribution in [-0.2, 0) is 21.2 Å². The summed E-state index contributed by atoms with van der Waals surface area (Å²) in [5.41, 5.74) is 2.22. The van der Waals surface area contributed by atoms with Crippen molar-refractivity contribution in [3.8, 4) is 5.75 Å². The molecule has 8 heteroatoms. The topological polar surface area (TPSA) is 75.7 Å². The minimum atomic E-state index is -3.99. The number of carbonyl (C=O) groups is 1. The molecule has 3 aromatic carbocycles. The Labute approximate surface area is 194 Å². The molecule has 3 rings (SSSR count). The number of hydrogen-bond donors (Lipinski definition) is 1. The van der Waals surface area contributed by atoms with Crippen molar-refractivity contribution in [2.24, 2.45) is 0 Å². The standard InChI is InChI=1S/C25H27FN2O4S/c1-19-8-14-24(15-9-19)33(30,31)28(22-6-3-7-23(17-22)32-2)18-25(29)27-16-4-5-20-10-12-21(26)13-11-20/h3,6-15,17H,4-5,16,18H2,1-2H3,(H,27,29). The highest BCUT2D eigenvalue weighted by atomic mass is 32.2. The van der Waals surface area contributed by atoms with Crippen molar-refractivity contribution in [3.05, 3.63) is 89.7 Å². The Kier molecular flexibility index (Phi) is 8.06. The molecule has 0 saturated heterocycles. The van der Waals surface area contributed by atoms with E-state index in [0.717, 1.165) is 15.4 Å².